The molecule has 1 aromatic carbocycles. The van der Waals surface area contributed by atoms with E-state index in [1.165, 1.54) is 0 Å². The van der Waals surface area contributed by atoms with Crippen LogP contribution in [0, 0.1) is 5.92 Å². The second kappa shape index (κ2) is 8.87. The van der Waals surface area contributed by atoms with Gasteiger partial charge in [0.05, 0.1) is 12.8 Å². The zero-order valence-electron chi connectivity index (χ0n) is 20.7. The lowest BCUT2D eigenvalue weighted by atomic mass is 9.66. The highest BCUT2D eigenvalue weighted by Crippen LogP contribution is 2.44. The van der Waals surface area contributed by atoms with Gasteiger partial charge in [0.25, 0.3) is 0 Å². The zero-order valence-corrected chi connectivity index (χ0v) is 20.7. The second-order valence-corrected chi connectivity index (χ2v) is 10.3. The molecule has 3 aromatic rings. The largest absolute Gasteiger partial charge is 0.480 e. The van der Waals surface area contributed by atoms with Crippen molar-refractivity contribution in [3.8, 4) is 17.1 Å². The Labute approximate surface area is 205 Å². The van der Waals surface area contributed by atoms with Crippen LogP contribution in [0.2, 0.25) is 0 Å². The highest BCUT2D eigenvalue weighted by atomic mass is 16.6. The number of rotatable bonds is 5. The highest BCUT2D eigenvalue weighted by Gasteiger charge is 2.45. The number of nitrogens with zero attached hydrogens (tertiary/aromatic N) is 3. The molecule has 2 aromatic heterocycles. The molecule has 35 heavy (non-hydrogen) atoms. The predicted octanol–water partition coefficient (Wildman–Crippen LogP) is 5.81. The van der Waals surface area contributed by atoms with Crippen LogP contribution in [0.25, 0.3) is 22.5 Å². The van der Waals surface area contributed by atoms with Gasteiger partial charge in [-0.2, -0.15) is 0 Å². The number of carbonyl (C=O) groups excluding carboxylic acids is 1. The number of fused-ring (bicyclic) bond motifs is 1. The summed E-state index contributed by atoms with van der Waals surface area (Å²) in [5.41, 5.74) is 3.90. The first-order valence-electron chi connectivity index (χ1n) is 12.2. The fourth-order valence-electron chi connectivity index (χ4n) is 4.94. The molecule has 5 rings (SSSR count). The molecule has 1 saturated carbocycles. The second-order valence-electron chi connectivity index (χ2n) is 10.3. The third-order valence-electron chi connectivity index (χ3n) is 6.79. The molecule has 1 unspecified atom stereocenters. The zero-order chi connectivity index (χ0) is 24.6. The molecule has 1 amide bonds. The van der Waals surface area contributed by atoms with Gasteiger partial charge in [0, 0.05) is 23.1 Å². The minimum absolute atomic E-state index is 0.211. The fourth-order valence-corrected chi connectivity index (χ4v) is 4.94. The van der Waals surface area contributed by atoms with E-state index >= 15 is 0 Å². The first-order valence-corrected chi connectivity index (χ1v) is 12.2. The molecule has 0 saturated heterocycles. The molecule has 0 spiro atoms. The summed E-state index contributed by atoms with van der Waals surface area (Å²) in [5, 5.41) is 7.84. The Hall–Kier alpha value is -3.61. The van der Waals surface area contributed by atoms with Crippen LogP contribution in [0.4, 0.5) is 4.79 Å². The van der Waals surface area contributed by atoms with E-state index < -0.39 is 5.60 Å². The summed E-state index contributed by atoms with van der Waals surface area (Å²) in [7, 11) is 1.61. The number of hydrogen-bond acceptors (Lipinski definition) is 5. The Kier molecular flexibility index (Phi) is 5.87. The maximum atomic E-state index is 12.5. The quantitative estimate of drug-likeness (QED) is 0.507. The maximum absolute atomic E-state index is 12.5. The van der Waals surface area contributed by atoms with E-state index in [0.717, 1.165) is 53.9 Å². The van der Waals surface area contributed by atoms with Crippen molar-refractivity contribution >= 4 is 17.3 Å². The summed E-state index contributed by atoms with van der Waals surface area (Å²) in [5.74, 6) is 0.745. The topological polar surface area (TPSA) is 77.8 Å². The number of allylic oxidation sites excluding steroid dienone is 3. The molecule has 0 bridgehead atoms. The van der Waals surface area contributed by atoms with Gasteiger partial charge in [-0.3, -0.25) is 0 Å². The number of alkyl carbamates (subject to hydrolysis) is 1. The standard InChI is InChI=1S/C28H32N4O3/c1-27(2,3)35-26(33)30-28(17-8-18-28)21-13-11-19(12-14-21)24-25(20-9-6-5-7-10-20)32-22(29-24)15-16-23(31-32)34-4/h5-7,9-13,15-16,21H,8,14,17-18H2,1-4H3,(H,30,33). The van der Waals surface area contributed by atoms with Gasteiger partial charge in [-0.15, -0.1) is 5.10 Å². The number of carbonyl (C=O) groups is 1. The fraction of sp³-hybridized carbons (Fsp3) is 0.393. The van der Waals surface area contributed by atoms with E-state index in [9.17, 15) is 4.79 Å². The van der Waals surface area contributed by atoms with E-state index in [0.29, 0.717) is 5.88 Å². The van der Waals surface area contributed by atoms with Crippen LogP contribution in [0.5, 0.6) is 5.88 Å². The van der Waals surface area contributed by atoms with E-state index in [-0.39, 0.29) is 17.6 Å². The lowest BCUT2D eigenvalue weighted by molar-refractivity contribution is 0.0315. The van der Waals surface area contributed by atoms with Crippen molar-refractivity contribution in [2.24, 2.45) is 5.92 Å². The van der Waals surface area contributed by atoms with Crippen molar-refractivity contribution in [1.82, 2.24) is 19.9 Å². The first kappa shape index (κ1) is 23.1. The summed E-state index contributed by atoms with van der Waals surface area (Å²) in [4.78, 5) is 17.5. The van der Waals surface area contributed by atoms with E-state index in [4.69, 9.17) is 14.5 Å². The van der Waals surface area contributed by atoms with Crippen LogP contribution < -0.4 is 10.1 Å². The van der Waals surface area contributed by atoms with Crippen molar-refractivity contribution < 1.29 is 14.3 Å². The Morgan fingerprint density at radius 3 is 2.51 bits per heavy atom. The molecular formula is C28H32N4O3. The van der Waals surface area contributed by atoms with Crippen molar-refractivity contribution in [3.05, 3.63) is 66.4 Å². The highest BCUT2D eigenvalue weighted by molar-refractivity contribution is 5.84. The number of ether oxygens (including phenoxy) is 2. The van der Waals surface area contributed by atoms with Gasteiger partial charge in [-0.05, 0) is 58.1 Å². The minimum atomic E-state index is -0.516. The van der Waals surface area contributed by atoms with E-state index in [1.807, 2.05) is 55.6 Å². The van der Waals surface area contributed by atoms with Crippen LogP contribution in [-0.2, 0) is 4.74 Å². The van der Waals surface area contributed by atoms with Crippen molar-refractivity contribution in [2.45, 2.75) is 57.6 Å². The predicted molar refractivity (Wildman–Crippen MR) is 136 cm³/mol. The van der Waals surface area contributed by atoms with Crippen molar-refractivity contribution in [3.63, 3.8) is 0 Å². The molecule has 1 atom stereocenters. The third-order valence-corrected chi connectivity index (χ3v) is 6.79. The van der Waals surface area contributed by atoms with Gasteiger partial charge < -0.3 is 14.8 Å². The van der Waals surface area contributed by atoms with Gasteiger partial charge >= 0.3 is 6.09 Å². The molecular weight excluding hydrogens is 440 g/mol. The number of hydrogen-bond donors (Lipinski definition) is 1. The van der Waals surface area contributed by atoms with Crippen LogP contribution in [0.1, 0.15) is 52.1 Å². The molecule has 182 valence electrons. The van der Waals surface area contributed by atoms with Gasteiger partial charge in [-0.25, -0.2) is 14.3 Å². The number of benzene rings is 1. The van der Waals surface area contributed by atoms with Crippen molar-refractivity contribution in [2.75, 3.05) is 7.11 Å². The van der Waals surface area contributed by atoms with Crippen LogP contribution >= 0.6 is 0 Å². The monoisotopic (exact) mass is 472 g/mol. The van der Waals surface area contributed by atoms with Crippen LogP contribution in [0.3, 0.4) is 0 Å². The number of amides is 1. The summed E-state index contributed by atoms with van der Waals surface area (Å²) in [6.07, 6.45) is 10.1. The molecule has 0 aliphatic heterocycles. The average molecular weight is 473 g/mol. The summed E-state index contributed by atoms with van der Waals surface area (Å²) in [6.45, 7) is 5.66. The molecule has 1 N–H and O–H groups in total. The number of nitrogens with one attached hydrogen (secondary N) is 1. The molecule has 0 radical (unpaired) electrons. The molecule has 2 aliphatic rings. The SMILES string of the molecule is COc1ccc2nc(C3=CCC(C4(NC(=O)OC(C)(C)C)CCC4)C=C3)c(-c3ccccc3)n2n1. The van der Waals surface area contributed by atoms with Gasteiger partial charge in [0.15, 0.2) is 5.65 Å². The molecule has 2 aliphatic carbocycles. The number of methoxy groups -OCH3 is 1. The van der Waals surface area contributed by atoms with E-state index in [1.54, 1.807) is 7.11 Å². The van der Waals surface area contributed by atoms with Gasteiger partial charge in [0.2, 0.25) is 5.88 Å². The van der Waals surface area contributed by atoms with Crippen LogP contribution in [0.15, 0.2) is 60.7 Å². The van der Waals surface area contributed by atoms with Crippen molar-refractivity contribution in [1.29, 1.82) is 0 Å². The Morgan fingerprint density at radius 2 is 1.91 bits per heavy atom. The summed E-state index contributed by atoms with van der Waals surface area (Å²) < 4.78 is 12.8. The van der Waals surface area contributed by atoms with Crippen LogP contribution in [-0.4, -0.2) is 38.9 Å². The Morgan fingerprint density at radius 1 is 1.14 bits per heavy atom. The average Bonchev–Trinajstić information content (AvgIpc) is 3.19. The molecule has 1 fully saturated rings. The molecule has 2 heterocycles. The molecule has 7 heteroatoms. The smallest absolute Gasteiger partial charge is 0.408 e. The van der Waals surface area contributed by atoms with Gasteiger partial charge in [-0.1, -0.05) is 48.6 Å². The van der Waals surface area contributed by atoms with Gasteiger partial charge in [0.1, 0.15) is 11.3 Å². The lowest BCUT2D eigenvalue weighted by Gasteiger charge is -2.47. The normalized spacial score (nSPS) is 19.1. The maximum Gasteiger partial charge on any atom is 0.408 e. The summed E-state index contributed by atoms with van der Waals surface area (Å²) in [6, 6.07) is 13.9. The Bertz CT molecular complexity index is 1300. The third kappa shape index (κ3) is 4.55. The lowest BCUT2D eigenvalue weighted by Crippen LogP contribution is -2.58. The minimum Gasteiger partial charge on any atom is -0.480 e. The Balaban J connectivity index is 1.45. The summed E-state index contributed by atoms with van der Waals surface area (Å²) >= 11 is 0. The molecule has 7 nitrogen and oxygen atoms in total. The van der Waals surface area contributed by atoms with E-state index in [2.05, 4.69) is 40.8 Å². The first-order chi connectivity index (χ1) is 16.8. The number of aromatic nitrogens is 3. The number of imidazole rings is 1.